The number of ether oxygens (including phenoxy) is 1. The summed E-state index contributed by atoms with van der Waals surface area (Å²) in [6.07, 6.45) is -4.11. The van der Waals surface area contributed by atoms with E-state index in [9.17, 15) is 27.6 Å². The fraction of sp³-hybridized carbons (Fsp3) is 0.286. The molecule has 0 unspecified atom stereocenters. The second kappa shape index (κ2) is 7.93. The Balaban J connectivity index is 1.50. The molecule has 0 spiro atoms. The predicted molar refractivity (Wildman–Crippen MR) is 106 cm³/mol. The number of amides is 1. The number of hydrogen-bond acceptors (Lipinski definition) is 4. The van der Waals surface area contributed by atoms with Gasteiger partial charge in [-0.2, -0.15) is 0 Å². The van der Waals surface area contributed by atoms with Gasteiger partial charge in [0.05, 0.1) is 10.9 Å². The standard InChI is InChI=1S/C21H18F3N3O4/c22-21(23,24)31-15-5-3-4-13(12-15)18(28)26-10-8-14(9-11-26)27-19(29)16-6-1-2-7-17(16)25-20(27)30/h1-7,12,14H,8-11H2,(H,25,30). The molecule has 0 atom stereocenters. The number of aromatic amines is 1. The van der Waals surface area contributed by atoms with Crippen molar-refractivity contribution >= 4 is 16.8 Å². The highest BCUT2D eigenvalue weighted by atomic mass is 19.4. The third-order valence-corrected chi connectivity index (χ3v) is 5.27. The van der Waals surface area contributed by atoms with Crippen molar-refractivity contribution < 1.29 is 22.7 Å². The van der Waals surface area contributed by atoms with E-state index >= 15 is 0 Å². The van der Waals surface area contributed by atoms with Crippen molar-refractivity contribution in [2.45, 2.75) is 25.2 Å². The lowest BCUT2D eigenvalue weighted by Crippen LogP contribution is -2.45. The highest BCUT2D eigenvalue weighted by Crippen LogP contribution is 2.26. The molecular formula is C21H18F3N3O4. The van der Waals surface area contributed by atoms with Crippen molar-refractivity contribution in [2.75, 3.05) is 13.1 Å². The summed E-state index contributed by atoms with van der Waals surface area (Å²) in [5.41, 5.74) is -0.366. The van der Waals surface area contributed by atoms with Gasteiger partial charge in [0.2, 0.25) is 0 Å². The number of benzene rings is 2. The highest BCUT2D eigenvalue weighted by Gasteiger charge is 2.32. The molecule has 0 radical (unpaired) electrons. The maximum absolute atomic E-state index is 12.8. The smallest absolute Gasteiger partial charge is 0.406 e. The first-order valence-corrected chi connectivity index (χ1v) is 9.61. The van der Waals surface area contributed by atoms with Crippen molar-refractivity contribution in [2.24, 2.45) is 0 Å². The zero-order valence-corrected chi connectivity index (χ0v) is 16.2. The number of nitrogens with zero attached hydrogens (tertiary/aromatic N) is 2. The van der Waals surface area contributed by atoms with Gasteiger partial charge in [0.1, 0.15) is 5.75 Å². The summed E-state index contributed by atoms with van der Waals surface area (Å²) in [5.74, 6) is -0.909. The van der Waals surface area contributed by atoms with E-state index in [0.29, 0.717) is 23.7 Å². The van der Waals surface area contributed by atoms with Crippen LogP contribution >= 0.6 is 0 Å². The number of carbonyl (C=O) groups is 1. The molecule has 3 aromatic rings. The molecular weight excluding hydrogens is 415 g/mol. The summed E-state index contributed by atoms with van der Waals surface area (Å²) in [7, 11) is 0. The minimum absolute atomic E-state index is 0.0703. The van der Waals surface area contributed by atoms with Crippen molar-refractivity contribution in [1.29, 1.82) is 0 Å². The van der Waals surface area contributed by atoms with E-state index in [1.54, 1.807) is 24.3 Å². The van der Waals surface area contributed by atoms with Gasteiger partial charge in [-0.3, -0.25) is 14.2 Å². The third kappa shape index (κ3) is 4.32. The SMILES string of the molecule is O=C(c1cccc(OC(F)(F)F)c1)N1CCC(n2c(=O)[nH]c3ccccc3c2=O)CC1. The zero-order chi connectivity index (χ0) is 22.2. The van der Waals surface area contributed by atoms with Gasteiger partial charge < -0.3 is 14.6 Å². The number of halogens is 3. The van der Waals surface area contributed by atoms with E-state index in [-0.39, 0.29) is 30.3 Å². The summed E-state index contributed by atoms with van der Waals surface area (Å²) in [4.78, 5) is 42.2. The zero-order valence-electron chi connectivity index (χ0n) is 16.2. The molecule has 0 aliphatic carbocycles. The second-order valence-electron chi connectivity index (χ2n) is 7.25. The van der Waals surface area contributed by atoms with Gasteiger partial charge in [-0.25, -0.2) is 4.79 Å². The number of carbonyl (C=O) groups excluding carboxylic acids is 1. The Labute approximate surface area is 173 Å². The van der Waals surface area contributed by atoms with E-state index in [4.69, 9.17) is 0 Å². The van der Waals surface area contributed by atoms with Crippen molar-refractivity contribution in [3.63, 3.8) is 0 Å². The molecule has 1 saturated heterocycles. The fourth-order valence-corrected chi connectivity index (χ4v) is 3.84. The molecule has 2 aromatic carbocycles. The number of H-pyrrole nitrogens is 1. The monoisotopic (exact) mass is 433 g/mol. The van der Waals surface area contributed by atoms with E-state index in [1.165, 1.54) is 21.6 Å². The van der Waals surface area contributed by atoms with Crippen LogP contribution in [0.1, 0.15) is 29.2 Å². The van der Waals surface area contributed by atoms with E-state index < -0.39 is 23.7 Å². The average molecular weight is 433 g/mol. The van der Waals surface area contributed by atoms with Gasteiger partial charge in [0.25, 0.3) is 11.5 Å². The largest absolute Gasteiger partial charge is 0.573 e. The van der Waals surface area contributed by atoms with E-state index in [1.807, 2.05) is 0 Å². The van der Waals surface area contributed by atoms with Gasteiger partial charge >= 0.3 is 12.1 Å². The van der Waals surface area contributed by atoms with Crippen molar-refractivity contribution in [3.8, 4) is 5.75 Å². The number of piperidine rings is 1. The van der Waals surface area contributed by atoms with Crippen molar-refractivity contribution in [3.05, 3.63) is 74.9 Å². The molecule has 7 nitrogen and oxygen atoms in total. The molecule has 1 amide bonds. The molecule has 1 aliphatic heterocycles. The molecule has 31 heavy (non-hydrogen) atoms. The maximum Gasteiger partial charge on any atom is 0.573 e. The van der Waals surface area contributed by atoms with Gasteiger partial charge in [-0.15, -0.1) is 13.2 Å². The Morgan fingerprint density at radius 2 is 1.74 bits per heavy atom. The van der Waals surface area contributed by atoms with Crippen molar-refractivity contribution in [1.82, 2.24) is 14.5 Å². The predicted octanol–water partition coefficient (Wildman–Crippen LogP) is 3.07. The Hall–Kier alpha value is -3.56. The summed E-state index contributed by atoms with van der Waals surface area (Å²) < 4.78 is 42.3. The van der Waals surface area contributed by atoms with E-state index in [2.05, 4.69) is 9.72 Å². The first-order chi connectivity index (χ1) is 14.7. The van der Waals surface area contributed by atoms with Crippen LogP contribution in [0, 0.1) is 0 Å². The summed E-state index contributed by atoms with van der Waals surface area (Å²) in [5, 5.41) is 0.405. The normalized spacial score (nSPS) is 15.3. The first kappa shape index (κ1) is 20.7. The van der Waals surface area contributed by atoms with Crippen LogP contribution < -0.4 is 16.0 Å². The van der Waals surface area contributed by atoms with Crippen LogP contribution in [0.15, 0.2) is 58.1 Å². The number of para-hydroxylation sites is 1. The number of aromatic nitrogens is 2. The fourth-order valence-electron chi connectivity index (χ4n) is 3.84. The molecule has 162 valence electrons. The molecule has 4 rings (SSSR count). The lowest BCUT2D eigenvalue weighted by atomic mass is 10.0. The van der Waals surface area contributed by atoms with Crippen LogP contribution in [-0.4, -0.2) is 39.8 Å². The van der Waals surface area contributed by atoms with Crippen LogP contribution in [0.4, 0.5) is 13.2 Å². The summed E-state index contributed by atoms with van der Waals surface area (Å²) in [6.45, 7) is 0.513. The third-order valence-electron chi connectivity index (χ3n) is 5.27. The molecule has 2 heterocycles. The molecule has 1 N–H and O–H groups in total. The molecule has 1 aromatic heterocycles. The summed E-state index contributed by atoms with van der Waals surface area (Å²) in [6, 6.07) is 11.2. The van der Waals surface area contributed by atoms with Crippen LogP contribution in [0.5, 0.6) is 5.75 Å². The topological polar surface area (TPSA) is 84.4 Å². The number of nitrogens with one attached hydrogen (secondary N) is 1. The number of alkyl halides is 3. The number of hydrogen-bond donors (Lipinski definition) is 1. The minimum atomic E-state index is -4.85. The van der Waals surface area contributed by atoms with Crippen LogP contribution in [0.25, 0.3) is 10.9 Å². The second-order valence-corrected chi connectivity index (χ2v) is 7.25. The Morgan fingerprint density at radius 3 is 2.45 bits per heavy atom. The quantitative estimate of drug-likeness (QED) is 0.688. The van der Waals surface area contributed by atoms with Crippen LogP contribution in [-0.2, 0) is 0 Å². The van der Waals surface area contributed by atoms with Gasteiger partial charge in [-0.1, -0.05) is 18.2 Å². The molecule has 0 bridgehead atoms. The average Bonchev–Trinajstić information content (AvgIpc) is 2.73. The highest BCUT2D eigenvalue weighted by molar-refractivity contribution is 5.94. The van der Waals surface area contributed by atoms with Gasteiger partial charge in [0, 0.05) is 24.7 Å². The number of rotatable bonds is 3. The summed E-state index contributed by atoms with van der Waals surface area (Å²) >= 11 is 0. The Morgan fingerprint density at radius 1 is 1.03 bits per heavy atom. The molecule has 0 saturated carbocycles. The molecule has 10 heteroatoms. The Kier molecular flexibility index (Phi) is 5.30. The van der Waals surface area contributed by atoms with E-state index in [0.717, 1.165) is 12.1 Å². The maximum atomic E-state index is 12.8. The number of fused-ring (bicyclic) bond motifs is 1. The lowest BCUT2D eigenvalue weighted by molar-refractivity contribution is -0.274. The Bertz CT molecular complexity index is 1240. The minimum Gasteiger partial charge on any atom is -0.406 e. The van der Waals surface area contributed by atoms with Crippen LogP contribution in [0.3, 0.4) is 0 Å². The number of likely N-dealkylation sites (tertiary alicyclic amines) is 1. The first-order valence-electron chi connectivity index (χ1n) is 9.61. The molecule has 1 aliphatic rings. The van der Waals surface area contributed by atoms with Gasteiger partial charge in [-0.05, 0) is 43.2 Å². The van der Waals surface area contributed by atoms with Gasteiger partial charge in [0.15, 0.2) is 0 Å². The van der Waals surface area contributed by atoms with Crippen LogP contribution in [0.2, 0.25) is 0 Å². The molecule has 1 fully saturated rings. The lowest BCUT2D eigenvalue weighted by Gasteiger charge is -2.32.